The summed E-state index contributed by atoms with van der Waals surface area (Å²) in [5, 5.41) is 3.94. The van der Waals surface area contributed by atoms with Gasteiger partial charge in [0.1, 0.15) is 0 Å². The van der Waals surface area contributed by atoms with E-state index in [-0.39, 0.29) is 11.8 Å². The van der Waals surface area contributed by atoms with E-state index in [1.54, 1.807) is 11.8 Å². The summed E-state index contributed by atoms with van der Waals surface area (Å²) in [5.74, 6) is -0.00576. The van der Waals surface area contributed by atoms with E-state index in [1.807, 2.05) is 62.4 Å². The van der Waals surface area contributed by atoms with Crippen LogP contribution in [-0.4, -0.2) is 23.0 Å². The quantitative estimate of drug-likeness (QED) is 0.542. The van der Waals surface area contributed by atoms with Gasteiger partial charge in [0.25, 0.3) is 0 Å². The molecule has 0 fully saturated rings. The van der Waals surface area contributed by atoms with Crippen LogP contribution in [0.3, 0.4) is 0 Å². The van der Waals surface area contributed by atoms with Gasteiger partial charge >= 0.3 is 156 Å². The van der Waals surface area contributed by atoms with E-state index < -0.39 is 0 Å². The van der Waals surface area contributed by atoms with Gasteiger partial charge in [-0.1, -0.05) is 0 Å². The molecule has 1 unspecified atom stereocenters. The third-order valence-electron chi connectivity index (χ3n) is 4.56. The molecule has 0 bridgehead atoms. The number of aryl methyl sites for hydroxylation is 1. The van der Waals surface area contributed by atoms with Crippen LogP contribution in [0.1, 0.15) is 29.6 Å². The van der Waals surface area contributed by atoms with Crippen molar-refractivity contribution in [2.75, 3.05) is 4.90 Å². The third kappa shape index (κ3) is 3.53. The number of fused-ring (bicyclic) bond motifs is 1. The Morgan fingerprint density at radius 3 is 2.78 bits per heavy atom. The first-order valence-electron chi connectivity index (χ1n) is 8.73. The molecule has 0 saturated heterocycles. The van der Waals surface area contributed by atoms with E-state index in [1.165, 1.54) is 6.39 Å². The van der Waals surface area contributed by atoms with Crippen molar-refractivity contribution in [2.24, 2.45) is 0 Å². The summed E-state index contributed by atoms with van der Waals surface area (Å²) < 4.78 is 10.7. The second-order valence-electron chi connectivity index (χ2n) is 6.52. The summed E-state index contributed by atoms with van der Waals surface area (Å²) in [6.45, 7) is 5.89. The minimum atomic E-state index is -0.375. The first kappa shape index (κ1) is 17.2. The number of rotatable bonds is 5. The zero-order valence-electron chi connectivity index (χ0n) is 15.1. The predicted octanol–water partition coefficient (Wildman–Crippen LogP) is 3.80. The molecule has 2 heterocycles. The van der Waals surface area contributed by atoms with Gasteiger partial charge in [-0.3, -0.25) is 0 Å². The number of carbonyl (C=O) groups excluding carboxylic acids is 1. The number of anilines is 1. The van der Waals surface area contributed by atoms with Crippen molar-refractivity contribution in [2.45, 2.75) is 26.3 Å². The Hall–Kier alpha value is -3.22. The van der Waals surface area contributed by atoms with Gasteiger partial charge in [-0.15, -0.1) is 0 Å². The number of amides is 1. The summed E-state index contributed by atoms with van der Waals surface area (Å²) in [7, 11) is 0. The first-order chi connectivity index (χ1) is 13.1. The van der Waals surface area contributed by atoms with E-state index in [4.69, 9.17) is 8.94 Å². The number of oxazole rings is 1. The maximum absolute atomic E-state index is 13.3. The second kappa shape index (κ2) is 7.19. The molecule has 0 aliphatic rings. The topological polar surface area (TPSA) is 72.4 Å². The molecule has 6 nitrogen and oxygen atoms in total. The Kier molecular flexibility index (Phi) is 4.58. The molecule has 0 spiro atoms. The monoisotopic (exact) mass is 359 g/mol. The van der Waals surface area contributed by atoms with Crippen LogP contribution in [0.4, 0.5) is 5.78 Å². The van der Waals surface area contributed by atoms with Crippen LogP contribution in [0.15, 0.2) is 63.9 Å². The number of hydrogen-bond donors (Lipinski definition) is 0. The van der Waals surface area contributed by atoms with Crippen molar-refractivity contribution in [3.63, 3.8) is 0 Å². The van der Waals surface area contributed by atoms with E-state index in [0.717, 1.165) is 22.2 Å². The average Bonchev–Trinajstić information content (AvgIpc) is 3.34. The fraction of sp³-hybridized carbons (Fsp3) is 0.200. The van der Waals surface area contributed by atoms with Crippen LogP contribution in [0.5, 0.6) is 0 Å². The van der Waals surface area contributed by atoms with Gasteiger partial charge in [0.05, 0.1) is 0 Å². The molecule has 27 heavy (non-hydrogen) atoms. The first-order valence-corrected chi connectivity index (χ1v) is 8.73. The summed E-state index contributed by atoms with van der Waals surface area (Å²) >= 11 is 0. The number of benzene rings is 2. The number of carbonyl (C=O) groups is 1. The van der Waals surface area contributed by atoms with Crippen molar-refractivity contribution >= 4 is 29.7 Å². The van der Waals surface area contributed by atoms with E-state index in [9.17, 15) is 4.79 Å². The van der Waals surface area contributed by atoms with Crippen LogP contribution in [0.25, 0.3) is 11.1 Å². The standard InChI is InChI=1S/C20H18BN3O3/c1-13(16-8-9-18-17(10-16)22-12-26-18)19(25)24(20-21-14(2)23-27-20)11-15-6-4-3-5-7-15/h3-10,12-13H,11H2,1-2H3. The zero-order valence-corrected chi connectivity index (χ0v) is 15.1. The summed E-state index contributed by atoms with van der Waals surface area (Å²) in [4.78, 5) is 19.1. The molecule has 4 aromatic rings. The average molecular weight is 359 g/mol. The second-order valence-corrected chi connectivity index (χ2v) is 6.52. The van der Waals surface area contributed by atoms with E-state index in [0.29, 0.717) is 17.9 Å². The van der Waals surface area contributed by atoms with Gasteiger partial charge in [0.2, 0.25) is 0 Å². The maximum atomic E-state index is 13.3. The van der Waals surface area contributed by atoms with Gasteiger partial charge in [-0.25, -0.2) is 0 Å². The molecule has 0 N–H and O–H groups in total. The van der Waals surface area contributed by atoms with Crippen LogP contribution < -0.4 is 4.90 Å². The molecule has 0 aliphatic heterocycles. The number of nitrogens with zero attached hydrogens (tertiary/aromatic N) is 3. The summed E-state index contributed by atoms with van der Waals surface area (Å²) in [6.07, 6.45) is 1.40. The summed E-state index contributed by atoms with van der Waals surface area (Å²) in [6, 6.07) is 15.4. The molecule has 134 valence electrons. The van der Waals surface area contributed by atoms with Crippen molar-refractivity contribution in [1.82, 2.24) is 10.1 Å². The molecule has 0 aliphatic carbocycles. The molecule has 4 rings (SSSR count). The van der Waals surface area contributed by atoms with Gasteiger partial charge in [0, 0.05) is 0 Å². The number of hydrogen-bond acceptors (Lipinski definition) is 5. The van der Waals surface area contributed by atoms with Crippen molar-refractivity contribution in [3.05, 3.63) is 71.6 Å². The van der Waals surface area contributed by atoms with Gasteiger partial charge in [-0.2, -0.15) is 0 Å². The molecule has 0 radical (unpaired) electrons. The molecule has 7 heteroatoms. The zero-order chi connectivity index (χ0) is 18.8. The fourth-order valence-electron chi connectivity index (χ4n) is 3.03. The molecule has 1 atom stereocenters. The molecule has 2 aromatic heterocycles. The van der Waals surface area contributed by atoms with Gasteiger partial charge in [-0.05, 0) is 0 Å². The molecular formula is C20H18BN3O3. The predicted molar refractivity (Wildman–Crippen MR) is 103 cm³/mol. The Morgan fingerprint density at radius 1 is 1.22 bits per heavy atom. The Balaban J connectivity index is 1.66. The Morgan fingerprint density at radius 2 is 2.04 bits per heavy atom. The molecule has 0 saturated carbocycles. The summed E-state index contributed by atoms with van der Waals surface area (Å²) in [5.41, 5.74) is 4.05. The molecule has 1 amide bonds. The normalized spacial score (nSPS) is 12.1. The third-order valence-corrected chi connectivity index (χ3v) is 4.56. The fourth-order valence-corrected chi connectivity index (χ4v) is 3.03. The van der Waals surface area contributed by atoms with Crippen molar-refractivity contribution in [3.8, 4) is 0 Å². The Bertz CT molecular complexity index is 1070. The molecule has 2 aromatic carbocycles. The van der Waals surface area contributed by atoms with Gasteiger partial charge < -0.3 is 0 Å². The van der Waals surface area contributed by atoms with E-state index >= 15 is 0 Å². The molecular weight excluding hydrogens is 341 g/mol. The number of aromatic nitrogens is 2. The van der Waals surface area contributed by atoms with Crippen LogP contribution in [-0.2, 0) is 11.3 Å². The van der Waals surface area contributed by atoms with Crippen LogP contribution >= 0.6 is 0 Å². The Labute approximate surface area is 157 Å². The van der Waals surface area contributed by atoms with Crippen molar-refractivity contribution < 1.29 is 13.7 Å². The van der Waals surface area contributed by atoms with Gasteiger partial charge in [0.15, 0.2) is 0 Å². The van der Waals surface area contributed by atoms with Crippen molar-refractivity contribution in [1.29, 1.82) is 0 Å². The van der Waals surface area contributed by atoms with E-state index in [2.05, 4.69) is 10.1 Å². The van der Waals surface area contributed by atoms with Crippen LogP contribution in [0, 0.1) is 6.92 Å². The minimum absolute atomic E-state index is 0.0714. The SMILES string of the molecule is Cc1bc(N(Cc2ccccc2)C(=O)C(C)c2ccc3ocnc3c2)on1. The van der Waals surface area contributed by atoms with Crippen LogP contribution in [0.2, 0.25) is 0 Å².